The van der Waals surface area contributed by atoms with Crippen molar-refractivity contribution in [1.29, 1.82) is 0 Å². The Bertz CT molecular complexity index is 422. The number of methoxy groups -OCH3 is 1. The zero-order valence-electron chi connectivity index (χ0n) is 10.6. The first-order valence-electron chi connectivity index (χ1n) is 6.21. The molecule has 0 spiro atoms. The van der Waals surface area contributed by atoms with Crippen LogP contribution in [0.4, 0.5) is 0 Å². The van der Waals surface area contributed by atoms with Crippen LogP contribution in [-0.4, -0.2) is 37.6 Å². The Kier molecular flexibility index (Phi) is 4.61. The molecular weight excluding hydrogens is 250 g/mol. The van der Waals surface area contributed by atoms with Crippen molar-refractivity contribution in [2.45, 2.75) is 12.8 Å². The van der Waals surface area contributed by atoms with Gasteiger partial charge in [0.1, 0.15) is 0 Å². The van der Waals surface area contributed by atoms with Gasteiger partial charge in [0, 0.05) is 31.6 Å². The van der Waals surface area contributed by atoms with Gasteiger partial charge in [-0.15, -0.1) is 0 Å². The van der Waals surface area contributed by atoms with Crippen molar-refractivity contribution < 1.29 is 9.53 Å². The monoisotopic (exact) mass is 267 g/mol. The summed E-state index contributed by atoms with van der Waals surface area (Å²) >= 11 is 6.14. The lowest BCUT2D eigenvalue weighted by Gasteiger charge is -2.16. The SMILES string of the molecule is COCCN1C[C@@H](Cc2ccccc2Cl)CC1=O. The Morgan fingerprint density at radius 2 is 2.22 bits per heavy atom. The molecule has 0 bridgehead atoms. The summed E-state index contributed by atoms with van der Waals surface area (Å²) in [6.07, 6.45) is 1.49. The van der Waals surface area contributed by atoms with Crippen LogP contribution in [0.25, 0.3) is 0 Å². The molecule has 0 aliphatic carbocycles. The number of amides is 1. The predicted octanol–water partition coefficient (Wildman–Crippen LogP) is 2.38. The highest BCUT2D eigenvalue weighted by atomic mass is 35.5. The van der Waals surface area contributed by atoms with Crippen molar-refractivity contribution >= 4 is 17.5 Å². The zero-order valence-corrected chi connectivity index (χ0v) is 11.3. The number of likely N-dealkylation sites (tertiary alicyclic amines) is 1. The van der Waals surface area contributed by atoms with Crippen molar-refractivity contribution in [2.24, 2.45) is 5.92 Å². The number of carbonyl (C=O) groups is 1. The third-order valence-corrected chi connectivity index (χ3v) is 3.70. The van der Waals surface area contributed by atoms with Gasteiger partial charge in [-0.1, -0.05) is 29.8 Å². The van der Waals surface area contributed by atoms with E-state index in [0.29, 0.717) is 25.5 Å². The summed E-state index contributed by atoms with van der Waals surface area (Å²) in [5, 5.41) is 0.792. The van der Waals surface area contributed by atoms with E-state index >= 15 is 0 Å². The summed E-state index contributed by atoms with van der Waals surface area (Å²) < 4.78 is 5.01. The standard InChI is InChI=1S/C14H18ClNO2/c1-18-7-6-16-10-11(9-14(16)17)8-12-4-2-3-5-13(12)15/h2-5,11H,6-10H2,1H3/t11-/m0/s1. The molecule has 1 aromatic carbocycles. The second kappa shape index (κ2) is 6.21. The van der Waals surface area contributed by atoms with Crippen molar-refractivity contribution in [1.82, 2.24) is 4.90 Å². The molecule has 1 aliphatic heterocycles. The van der Waals surface area contributed by atoms with Gasteiger partial charge in [0.25, 0.3) is 0 Å². The molecule has 4 heteroatoms. The van der Waals surface area contributed by atoms with Crippen LogP contribution < -0.4 is 0 Å². The van der Waals surface area contributed by atoms with Gasteiger partial charge in [-0.2, -0.15) is 0 Å². The molecule has 1 aliphatic rings. The van der Waals surface area contributed by atoms with Crippen LogP contribution >= 0.6 is 11.6 Å². The van der Waals surface area contributed by atoms with E-state index in [1.54, 1.807) is 7.11 Å². The van der Waals surface area contributed by atoms with E-state index in [0.717, 1.165) is 23.6 Å². The van der Waals surface area contributed by atoms with Crippen molar-refractivity contribution in [3.05, 3.63) is 34.9 Å². The minimum Gasteiger partial charge on any atom is -0.383 e. The molecule has 18 heavy (non-hydrogen) atoms. The lowest BCUT2D eigenvalue weighted by atomic mass is 9.98. The Balaban J connectivity index is 1.92. The summed E-state index contributed by atoms with van der Waals surface area (Å²) in [6, 6.07) is 7.85. The second-order valence-electron chi connectivity index (χ2n) is 4.70. The van der Waals surface area contributed by atoms with Crippen molar-refractivity contribution in [3.8, 4) is 0 Å². The van der Waals surface area contributed by atoms with Crippen LogP contribution in [0.1, 0.15) is 12.0 Å². The molecule has 0 N–H and O–H groups in total. The highest BCUT2D eigenvalue weighted by Gasteiger charge is 2.29. The number of hydrogen-bond acceptors (Lipinski definition) is 2. The number of halogens is 1. The molecule has 0 saturated carbocycles. The van der Waals surface area contributed by atoms with Gasteiger partial charge in [0.15, 0.2) is 0 Å². The van der Waals surface area contributed by atoms with Crippen LogP contribution in [0.2, 0.25) is 5.02 Å². The van der Waals surface area contributed by atoms with Crippen molar-refractivity contribution in [2.75, 3.05) is 26.8 Å². The predicted molar refractivity (Wildman–Crippen MR) is 71.7 cm³/mol. The maximum Gasteiger partial charge on any atom is 0.223 e. The van der Waals surface area contributed by atoms with E-state index in [-0.39, 0.29) is 5.91 Å². The van der Waals surface area contributed by atoms with E-state index in [1.165, 1.54) is 0 Å². The summed E-state index contributed by atoms with van der Waals surface area (Å²) in [5.74, 6) is 0.596. The lowest BCUT2D eigenvalue weighted by Crippen LogP contribution is -2.28. The zero-order chi connectivity index (χ0) is 13.0. The first kappa shape index (κ1) is 13.4. The Hall–Kier alpha value is -1.06. The third-order valence-electron chi connectivity index (χ3n) is 3.33. The molecule has 0 radical (unpaired) electrons. The topological polar surface area (TPSA) is 29.5 Å². The van der Waals surface area contributed by atoms with Gasteiger partial charge in [-0.25, -0.2) is 0 Å². The fraction of sp³-hybridized carbons (Fsp3) is 0.500. The van der Waals surface area contributed by atoms with Crippen LogP contribution in [0.5, 0.6) is 0 Å². The van der Waals surface area contributed by atoms with E-state index < -0.39 is 0 Å². The molecule has 0 unspecified atom stereocenters. The second-order valence-corrected chi connectivity index (χ2v) is 5.11. The lowest BCUT2D eigenvalue weighted by molar-refractivity contribution is -0.128. The first-order valence-corrected chi connectivity index (χ1v) is 6.58. The number of nitrogens with zero attached hydrogens (tertiary/aromatic N) is 1. The van der Waals surface area contributed by atoms with E-state index in [9.17, 15) is 4.79 Å². The maximum absolute atomic E-state index is 11.8. The van der Waals surface area contributed by atoms with Crippen LogP contribution in [0.3, 0.4) is 0 Å². The number of carbonyl (C=O) groups excluding carboxylic acids is 1. The van der Waals surface area contributed by atoms with Crippen LogP contribution in [0, 0.1) is 5.92 Å². The highest BCUT2D eigenvalue weighted by Crippen LogP contribution is 2.25. The quantitative estimate of drug-likeness (QED) is 0.820. The summed E-state index contributed by atoms with van der Waals surface area (Å²) in [4.78, 5) is 13.7. The minimum absolute atomic E-state index is 0.226. The van der Waals surface area contributed by atoms with Crippen LogP contribution in [0.15, 0.2) is 24.3 Å². The normalized spacial score (nSPS) is 19.6. The van der Waals surface area contributed by atoms with Crippen molar-refractivity contribution in [3.63, 3.8) is 0 Å². The van der Waals surface area contributed by atoms with E-state index in [1.807, 2.05) is 29.2 Å². The number of benzene rings is 1. The Morgan fingerprint density at radius 3 is 2.94 bits per heavy atom. The molecular formula is C14H18ClNO2. The molecule has 2 rings (SSSR count). The van der Waals surface area contributed by atoms with E-state index in [4.69, 9.17) is 16.3 Å². The average molecular weight is 268 g/mol. The average Bonchev–Trinajstić information content (AvgIpc) is 2.70. The molecule has 1 aromatic rings. The van der Waals surface area contributed by atoms with Gasteiger partial charge >= 0.3 is 0 Å². The van der Waals surface area contributed by atoms with Crippen LogP contribution in [-0.2, 0) is 16.0 Å². The molecule has 98 valence electrons. The Morgan fingerprint density at radius 1 is 1.44 bits per heavy atom. The molecule has 1 heterocycles. The van der Waals surface area contributed by atoms with E-state index in [2.05, 4.69) is 0 Å². The summed E-state index contributed by atoms with van der Waals surface area (Å²) in [7, 11) is 1.65. The van der Waals surface area contributed by atoms with Gasteiger partial charge < -0.3 is 9.64 Å². The number of ether oxygens (including phenoxy) is 1. The highest BCUT2D eigenvalue weighted by molar-refractivity contribution is 6.31. The maximum atomic E-state index is 11.8. The number of hydrogen-bond donors (Lipinski definition) is 0. The Labute approximate surface area is 113 Å². The summed E-state index contributed by atoms with van der Waals surface area (Å²) in [5.41, 5.74) is 1.13. The van der Waals surface area contributed by atoms with Gasteiger partial charge in [-0.3, -0.25) is 4.79 Å². The van der Waals surface area contributed by atoms with Gasteiger partial charge in [0.2, 0.25) is 5.91 Å². The smallest absolute Gasteiger partial charge is 0.223 e. The first-order chi connectivity index (χ1) is 8.70. The fourth-order valence-electron chi connectivity index (χ4n) is 2.38. The minimum atomic E-state index is 0.226. The molecule has 3 nitrogen and oxygen atoms in total. The summed E-state index contributed by atoms with van der Waals surface area (Å²) in [6.45, 7) is 2.10. The number of rotatable bonds is 5. The fourth-order valence-corrected chi connectivity index (χ4v) is 2.60. The molecule has 1 amide bonds. The molecule has 1 saturated heterocycles. The third kappa shape index (κ3) is 3.24. The molecule has 1 fully saturated rings. The van der Waals surface area contributed by atoms with Gasteiger partial charge in [-0.05, 0) is 24.0 Å². The largest absolute Gasteiger partial charge is 0.383 e. The molecule has 1 atom stereocenters. The van der Waals surface area contributed by atoms with Gasteiger partial charge in [0.05, 0.1) is 6.61 Å². The molecule has 0 aromatic heterocycles.